The number of thiazole rings is 1. The first-order chi connectivity index (χ1) is 7.81. The number of nitrogens with zero attached hydrogens (tertiary/aromatic N) is 2. The maximum Gasteiger partial charge on any atom is 0.165 e. The quantitative estimate of drug-likeness (QED) is 0.887. The largest absolute Gasteiger partial charge is 0.358 e. The van der Waals surface area contributed by atoms with Gasteiger partial charge in [-0.1, -0.05) is 6.92 Å². The molecule has 2 aromatic rings. The van der Waals surface area contributed by atoms with Gasteiger partial charge in [0.15, 0.2) is 11.6 Å². The van der Waals surface area contributed by atoms with Gasteiger partial charge in [-0.15, -0.1) is 11.3 Å². The van der Waals surface area contributed by atoms with E-state index < -0.39 is 0 Å². The number of hydrogen-bond donors (Lipinski definition) is 1. The predicted molar refractivity (Wildman–Crippen MR) is 63.0 cm³/mol. The monoisotopic (exact) mass is 237 g/mol. The normalized spacial score (nSPS) is 12.4. The zero-order chi connectivity index (χ0) is 11.4. The van der Waals surface area contributed by atoms with Gasteiger partial charge in [0.1, 0.15) is 5.01 Å². The Morgan fingerprint density at radius 1 is 1.44 bits per heavy atom. The van der Waals surface area contributed by atoms with Crippen LogP contribution in [0, 0.1) is 5.82 Å². The molecule has 0 aliphatic heterocycles. The van der Waals surface area contributed by atoms with Crippen molar-refractivity contribution < 1.29 is 4.39 Å². The third-order valence-electron chi connectivity index (χ3n) is 2.23. The van der Waals surface area contributed by atoms with Gasteiger partial charge in [0.05, 0.1) is 6.04 Å². The Labute approximate surface area is 97.4 Å². The lowest BCUT2D eigenvalue weighted by molar-refractivity contribution is 0.616. The molecular formula is C11H12FN3S. The van der Waals surface area contributed by atoms with Crippen LogP contribution in [0.15, 0.2) is 29.9 Å². The summed E-state index contributed by atoms with van der Waals surface area (Å²) in [5, 5.41) is 5.92. The summed E-state index contributed by atoms with van der Waals surface area (Å²) in [7, 11) is 0. The molecule has 2 aromatic heterocycles. The molecule has 84 valence electrons. The molecule has 0 saturated heterocycles. The van der Waals surface area contributed by atoms with Crippen molar-refractivity contribution in [3.05, 3.63) is 40.7 Å². The smallest absolute Gasteiger partial charge is 0.165 e. The first-order valence-electron chi connectivity index (χ1n) is 5.07. The average molecular weight is 237 g/mol. The third-order valence-corrected chi connectivity index (χ3v) is 3.12. The van der Waals surface area contributed by atoms with Crippen molar-refractivity contribution in [2.45, 2.75) is 19.4 Å². The molecular weight excluding hydrogens is 225 g/mol. The molecule has 0 spiro atoms. The minimum atomic E-state index is -0.336. The van der Waals surface area contributed by atoms with Crippen molar-refractivity contribution in [1.29, 1.82) is 0 Å². The first-order valence-corrected chi connectivity index (χ1v) is 5.95. The van der Waals surface area contributed by atoms with E-state index >= 15 is 0 Å². The molecule has 0 fully saturated rings. The lowest BCUT2D eigenvalue weighted by atomic mass is 10.2. The molecule has 0 aromatic carbocycles. The number of anilines is 1. The zero-order valence-electron chi connectivity index (χ0n) is 8.85. The Bertz CT molecular complexity index is 444. The van der Waals surface area contributed by atoms with Crippen LogP contribution in [0.3, 0.4) is 0 Å². The molecule has 0 saturated carbocycles. The number of halogens is 1. The molecule has 2 heterocycles. The molecule has 1 atom stereocenters. The van der Waals surface area contributed by atoms with E-state index in [4.69, 9.17) is 0 Å². The summed E-state index contributed by atoms with van der Waals surface area (Å²) in [5.74, 6) is -0.0537. The van der Waals surface area contributed by atoms with Crippen LogP contribution in [-0.4, -0.2) is 9.97 Å². The highest BCUT2D eigenvalue weighted by Crippen LogP contribution is 2.24. The summed E-state index contributed by atoms with van der Waals surface area (Å²) < 4.78 is 13.4. The van der Waals surface area contributed by atoms with Crippen molar-refractivity contribution in [1.82, 2.24) is 9.97 Å². The van der Waals surface area contributed by atoms with E-state index in [9.17, 15) is 4.39 Å². The molecule has 0 aliphatic rings. The van der Waals surface area contributed by atoms with Crippen LogP contribution in [0.1, 0.15) is 24.4 Å². The summed E-state index contributed by atoms with van der Waals surface area (Å²) >= 11 is 1.56. The Morgan fingerprint density at radius 2 is 2.31 bits per heavy atom. The van der Waals surface area contributed by atoms with Crippen LogP contribution in [-0.2, 0) is 0 Å². The Morgan fingerprint density at radius 3 is 2.94 bits per heavy atom. The number of rotatable bonds is 4. The van der Waals surface area contributed by atoms with Crippen LogP contribution < -0.4 is 5.32 Å². The fraction of sp³-hybridized carbons (Fsp3) is 0.273. The van der Waals surface area contributed by atoms with Crippen LogP contribution in [0.4, 0.5) is 10.2 Å². The van der Waals surface area contributed by atoms with Crippen LogP contribution in [0.5, 0.6) is 0 Å². The van der Waals surface area contributed by atoms with Crippen molar-refractivity contribution >= 4 is 17.2 Å². The average Bonchev–Trinajstić information content (AvgIpc) is 2.81. The summed E-state index contributed by atoms with van der Waals surface area (Å²) in [5.41, 5.74) is 0. The molecule has 0 aliphatic carbocycles. The Balaban J connectivity index is 2.17. The fourth-order valence-corrected chi connectivity index (χ4v) is 2.17. The maximum absolute atomic E-state index is 13.4. The number of pyridine rings is 1. The first kappa shape index (κ1) is 11.0. The van der Waals surface area contributed by atoms with Crippen LogP contribution in [0.2, 0.25) is 0 Å². The standard InChI is InChI=1S/C11H12FN3S/c1-2-9(11-14-6-7-16-11)15-10-8(12)4-3-5-13-10/h3-7,9H,2H2,1H3,(H,13,15). The molecule has 16 heavy (non-hydrogen) atoms. The SMILES string of the molecule is CCC(Nc1ncccc1F)c1nccs1. The number of nitrogens with one attached hydrogen (secondary N) is 1. The molecule has 1 N–H and O–H groups in total. The van der Waals surface area contributed by atoms with Gasteiger partial charge < -0.3 is 5.32 Å². The molecule has 1 unspecified atom stereocenters. The van der Waals surface area contributed by atoms with E-state index in [1.807, 2.05) is 12.3 Å². The number of aromatic nitrogens is 2. The summed E-state index contributed by atoms with van der Waals surface area (Å²) in [6, 6.07) is 2.98. The zero-order valence-corrected chi connectivity index (χ0v) is 9.67. The molecule has 3 nitrogen and oxygen atoms in total. The van der Waals surface area contributed by atoms with E-state index in [0.717, 1.165) is 11.4 Å². The van der Waals surface area contributed by atoms with Gasteiger partial charge in [-0.3, -0.25) is 0 Å². The molecule has 2 rings (SSSR count). The topological polar surface area (TPSA) is 37.8 Å². The van der Waals surface area contributed by atoms with Gasteiger partial charge in [-0.05, 0) is 18.6 Å². The second-order valence-electron chi connectivity index (χ2n) is 3.31. The lowest BCUT2D eigenvalue weighted by Gasteiger charge is -2.15. The van der Waals surface area contributed by atoms with Crippen LogP contribution >= 0.6 is 11.3 Å². The van der Waals surface area contributed by atoms with E-state index in [0.29, 0.717) is 0 Å². The lowest BCUT2D eigenvalue weighted by Crippen LogP contribution is -2.11. The Kier molecular flexibility index (Phi) is 3.46. The fourth-order valence-electron chi connectivity index (χ4n) is 1.40. The van der Waals surface area contributed by atoms with Crippen LogP contribution in [0.25, 0.3) is 0 Å². The van der Waals surface area contributed by atoms with E-state index in [2.05, 4.69) is 15.3 Å². The van der Waals surface area contributed by atoms with E-state index in [1.54, 1.807) is 29.8 Å². The highest BCUT2D eigenvalue weighted by molar-refractivity contribution is 7.09. The van der Waals surface area contributed by atoms with Gasteiger partial charge >= 0.3 is 0 Å². The van der Waals surface area contributed by atoms with Crippen molar-refractivity contribution in [2.75, 3.05) is 5.32 Å². The molecule has 0 radical (unpaired) electrons. The number of hydrogen-bond acceptors (Lipinski definition) is 4. The molecule has 0 amide bonds. The molecule has 5 heteroatoms. The minimum Gasteiger partial charge on any atom is -0.358 e. The maximum atomic E-state index is 13.4. The highest BCUT2D eigenvalue weighted by Gasteiger charge is 2.13. The van der Waals surface area contributed by atoms with Crippen molar-refractivity contribution in [3.63, 3.8) is 0 Å². The third kappa shape index (κ3) is 2.36. The van der Waals surface area contributed by atoms with Gasteiger partial charge in [0.25, 0.3) is 0 Å². The predicted octanol–water partition coefficient (Wildman–Crippen LogP) is 3.24. The highest BCUT2D eigenvalue weighted by atomic mass is 32.1. The summed E-state index contributed by atoms with van der Waals surface area (Å²) in [6.45, 7) is 2.03. The Hall–Kier alpha value is -1.49. The van der Waals surface area contributed by atoms with Gasteiger partial charge in [0.2, 0.25) is 0 Å². The summed E-state index contributed by atoms with van der Waals surface area (Å²) in [4.78, 5) is 8.19. The second-order valence-corrected chi connectivity index (χ2v) is 4.24. The van der Waals surface area contributed by atoms with Gasteiger partial charge in [-0.2, -0.15) is 0 Å². The second kappa shape index (κ2) is 5.03. The van der Waals surface area contributed by atoms with Crippen molar-refractivity contribution in [2.24, 2.45) is 0 Å². The van der Waals surface area contributed by atoms with Crippen molar-refractivity contribution in [3.8, 4) is 0 Å². The minimum absolute atomic E-state index is 0.0180. The van der Waals surface area contributed by atoms with E-state index in [-0.39, 0.29) is 17.7 Å². The van der Waals surface area contributed by atoms with Gasteiger partial charge in [0, 0.05) is 17.8 Å². The van der Waals surface area contributed by atoms with E-state index in [1.165, 1.54) is 6.07 Å². The van der Waals surface area contributed by atoms with Gasteiger partial charge in [-0.25, -0.2) is 14.4 Å². The summed E-state index contributed by atoms with van der Waals surface area (Å²) in [6.07, 6.45) is 4.16. The molecule has 0 bridgehead atoms.